The fourth-order valence-electron chi connectivity index (χ4n) is 3.33. The maximum Gasteiger partial charge on any atom is 0.312 e. The first-order chi connectivity index (χ1) is 10.3. The van der Waals surface area contributed by atoms with E-state index in [2.05, 4.69) is 0 Å². The molecule has 0 unspecified atom stereocenters. The number of carbonyl (C=O) groups is 1. The summed E-state index contributed by atoms with van der Waals surface area (Å²) in [7, 11) is 3.08. The largest absolute Gasteiger partial charge is 0.469 e. The van der Waals surface area contributed by atoms with Gasteiger partial charge in [-0.25, -0.2) is 0 Å². The van der Waals surface area contributed by atoms with Gasteiger partial charge >= 0.3 is 5.97 Å². The number of carbonyl (C=O) groups excluding carboxylic acids is 1. The molecule has 0 bridgehead atoms. The van der Waals surface area contributed by atoms with Crippen LogP contribution in [0.1, 0.15) is 17.0 Å². The zero-order chi connectivity index (χ0) is 14.9. The van der Waals surface area contributed by atoms with Crippen LogP contribution in [0, 0.1) is 5.92 Å². The number of esters is 1. The van der Waals surface area contributed by atoms with Crippen molar-refractivity contribution in [2.45, 2.75) is 11.5 Å². The molecule has 3 atom stereocenters. The molecule has 0 radical (unpaired) electrons. The van der Waals surface area contributed by atoms with Crippen molar-refractivity contribution < 1.29 is 14.3 Å². The highest BCUT2D eigenvalue weighted by molar-refractivity contribution is 5.81. The third-order valence-corrected chi connectivity index (χ3v) is 4.32. The van der Waals surface area contributed by atoms with E-state index in [1.165, 1.54) is 7.11 Å². The Morgan fingerprint density at radius 2 is 1.52 bits per heavy atom. The van der Waals surface area contributed by atoms with Gasteiger partial charge in [-0.1, -0.05) is 60.7 Å². The number of hydrogen-bond donors (Lipinski definition) is 0. The number of benzene rings is 2. The highest BCUT2D eigenvalue weighted by Gasteiger charge is 2.71. The zero-order valence-corrected chi connectivity index (χ0v) is 12.2. The molecule has 0 aliphatic heterocycles. The molecule has 0 N–H and O–H groups in total. The van der Waals surface area contributed by atoms with E-state index in [9.17, 15) is 4.79 Å². The Hall–Kier alpha value is -2.13. The Balaban J connectivity index is 2.07. The van der Waals surface area contributed by atoms with E-state index in [4.69, 9.17) is 9.47 Å². The average Bonchev–Trinajstić information content (AvgIpc) is 3.26. The van der Waals surface area contributed by atoms with E-state index in [0.29, 0.717) is 0 Å². The van der Waals surface area contributed by atoms with Crippen LogP contribution in [0.25, 0.3) is 0 Å². The monoisotopic (exact) mass is 282 g/mol. The topological polar surface area (TPSA) is 35.5 Å². The van der Waals surface area contributed by atoms with E-state index >= 15 is 0 Å². The molecule has 0 saturated heterocycles. The Morgan fingerprint density at radius 1 is 0.952 bits per heavy atom. The summed E-state index contributed by atoms with van der Waals surface area (Å²) in [6.45, 7) is 0. The fraction of sp³-hybridized carbons (Fsp3) is 0.278. The second kappa shape index (κ2) is 5.34. The predicted molar refractivity (Wildman–Crippen MR) is 79.8 cm³/mol. The smallest absolute Gasteiger partial charge is 0.312 e. The van der Waals surface area contributed by atoms with Crippen molar-refractivity contribution in [2.75, 3.05) is 14.2 Å². The maximum absolute atomic E-state index is 12.2. The van der Waals surface area contributed by atoms with E-state index in [0.717, 1.165) is 11.1 Å². The van der Waals surface area contributed by atoms with Gasteiger partial charge in [-0.05, 0) is 11.1 Å². The van der Waals surface area contributed by atoms with Crippen molar-refractivity contribution in [1.82, 2.24) is 0 Å². The number of hydrogen-bond acceptors (Lipinski definition) is 3. The van der Waals surface area contributed by atoms with E-state index in [1.54, 1.807) is 7.11 Å². The Morgan fingerprint density at radius 3 is 2.05 bits per heavy atom. The van der Waals surface area contributed by atoms with Crippen LogP contribution in [0.2, 0.25) is 0 Å². The molecule has 3 rings (SSSR count). The quantitative estimate of drug-likeness (QED) is 0.808. The maximum atomic E-state index is 12.2. The van der Waals surface area contributed by atoms with Gasteiger partial charge in [0.1, 0.15) is 11.5 Å². The molecule has 0 spiro atoms. The van der Waals surface area contributed by atoms with Crippen molar-refractivity contribution >= 4 is 5.97 Å². The first-order valence-corrected chi connectivity index (χ1v) is 6.99. The zero-order valence-electron chi connectivity index (χ0n) is 12.2. The third kappa shape index (κ3) is 2.05. The van der Waals surface area contributed by atoms with Crippen LogP contribution in [-0.2, 0) is 19.9 Å². The summed E-state index contributed by atoms with van der Waals surface area (Å²) in [5.74, 6) is -0.551. The molecule has 2 aromatic rings. The number of rotatable bonds is 4. The molecule has 1 fully saturated rings. The van der Waals surface area contributed by atoms with E-state index < -0.39 is 5.60 Å². The van der Waals surface area contributed by atoms with E-state index in [1.807, 2.05) is 60.7 Å². The van der Waals surface area contributed by atoms with Crippen LogP contribution in [0.3, 0.4) is 0 Å². The Kier molecular flexibility index (Phi) is 3.52. The number of ether oxygens (including phenoxy) is 2. The Labute approximate surface area is 124 Å². The summed E-state index contributed by atoms with van der Waals surface area (Å²) in [6, 6.07) is 19.9. The molecule has 0 amide bonds. The van der Waals surface area contributed by atoms with Crippen LogP contribution < -0.4 is 0 Å². The normalized spacial score (nSPS) is 27.1. The Bertz CT molecular complexity index is 623. The molecule has 1 aliphatic carbocycles. The summed E-state index contributed by atoms with van der Waals surface area (Å²) >= 11 is 0. The molecule has 21 heavy (non-hydrogen) atoms. The lowest BCUT2D eigenvalue weighted by Gasteiger charge is -2.17. The minimum Gasteiger partial charge on any atom is -0.469 e. The summed E-state index contributed by atoms with van der Waals surface area (Å²) in [6.07, 6.45) is 0. The summed E-state index contributed by atoms with van der Waals surface area (Å²) in [5.41, 5.74) is 1.48. The van der Waals surface area contributed by atoms with Crippen LogP contribution in [-0.4, -0.2) is 20.2 Å². The molecule has 0 heterocycles. The molecule has 2 aromatic carbocycles. The molecular weight excluding hydrogens is 264 g/mol. The molecule has 0 aromatic heterocycles. The fourth-order valence-corrected chi connectivity index (χ4v) is 3.33. The lowest BCUT2D eigenvalue weighted by molar-refractivity contribution is -0.144. The highest BCUT2D eigenvalue weighted by atomic mass is 16.5. The van der Waals surface area contributed by atoms with Gasteiger partial charge in [-0.15, -0.1) is 0 Å². The van der Waals surface area contributed by atoms with Crippen molar-refractivity contribution in [1.29, 1.82) is 0 Å². The first-order valence-electron chi connectivity index (χ1n) is 6.99. The molecule has 3 heteroatoms. The molecule has 108 valence electrons. The third-order valence-electron chi connectivity index (χ3n) is 4.32. The summed E-state index contributed by atoms with van der Waals surface area (Å²) in [5, 5.41) is 0. The van der Waals surface area contributed by atoms with Gasteiger partial charge in [0.2, 0.25) is 0 Å². The standard InChI is InChI=1S/C18H18O3/c1-20-17(19)16-15(13-9-5-3-6-10-13)18(16,21-2)14-11-7-4-8-12-14/h3-12,15-16H,1-2H3/t15-,16+,18+/m0/s1. The average molecular weight is 282 g/mol. The van der Waals surface area contributed by atoms with Crippen LogP contribution in [0.4, 0.5) is 0 Å². The van der Waals surface area contributed by atoms with Gasteiger partial charge in [-0.3, -0.25) is 4.79 Å². The van der Waals surface area contributed by atoms with Gasteiger partial charge in [0.05, 0.1) is 7.11 Å². The van der Waals surface area contributed by atoms with Crippen molar-refractivity contribution in [3.8, 4) is 0 Å². The molecule has 1 aliphatic rings. The van der Waals surface area contributed by atoms with Gasteiger partial charge in [-0.2, -0.15) is 0 Å². The SMILES string of the molecule is COC(=O)[C@H]1[C@H](c2ccccc2)[C@]1(OC)c1ccccc1. The highest BCUT2D eigenvalue weighted by Crippen LogP contribution is 2.66. The molecule has 1 saturated carbocycles. The summed E-state index contributed by atoms with van der Waals surface area (Å²) in [4.78, 5) is 12.2. The second-order valence-corrected chi connectivity index (χ2v) is 5.25. The van der Waals surface area contributed by atoms with Crippen molar-refractivity contribution in [3.05, 3.63) is 71.8 Å². The van der Waals surface area contributed by atoms with Crippen LogP contribution >= 0.6 is 0 Å². The van der Waals surface area contributed by atoms with Crippen molar-refractivity contribution in [3.63, 3.8) is 0 Å². The lowest BCUT2D eigenvalue weighted by atomic mass is 10.0. The van der Waals surface area contributed by atoms with Gasteiger partial charge in [0.25, 0.3) is 0 Å². The van der Waals surface area contributed by atoms with Crippen molar-refractivity contribution in [2.24, 2.45) is 5.92 Å². The minimum absolute atomic E-state index is 0.0152. The molecule has 3 nitrogen and oxygen atoms in total. The van der Waals surface area contributed by atoms with Gasteiger partial charge in [0, 0.05) is 13.0 Å². The second-order valence-electron chi connectivity index (χ2n) is 5.25. The van der Waals surface area contributed by atoms with Crippen LogP contribution in [0.5, 0.6) is 0 Å². The number of methoxy groups -OCH3 is 2. The molecular formula is C18H18O3. The van der Waals surface area contributed by atoms with E-state index in [-0.39, 0.29) is 17.8 Å². The van der Waals surface area contributed by atoms with Crippen LogP contribution in [0.15, 0.2) is 60.7 Å². The lowest BCUT2D eigenvalue weighted by Crippen LogP contribution is -2.18. The van der Waals surface area contributed by atoms with Gasteiger partial charge < -0.3 is 9.47 Å². The summed E-state index contributed by atoms with van der Waals surface area (Å²) < 4.78 is 10.8. The van der Waals surface area contributed by atoms with Gasteiger partial charge in [0.15, 0.2) is 0 Å². The first kappa shape index (κ1) is 13.8. The predicted octanol–water partition coefficient (Wildman–Crippen LogP) is 3.11. The minimum atomic E-state index is -0.629.